The van der Waals surface area contributed by atoms with Gasteiger partial charge in [0.05, 0.1) is 0 Å². The number of rotatable bonds is 15. The zero-order valence-electron chi connectivity index (χ0n) is 37.6. The molecule has 0 radical (unpaired) electrons. The molecule has 8 rings (SSSR count). The monoisotopic (exact) mass is 955 g/mol. The first kappa shape index (κ1) is 50.8. The van der Waals surface area contributed by atoms with Gasteiger partial charge in [-0.1, -0.05) is 96.0 Å². The Morgan fingerprint density at radius 1 is 0.544 bits per heavy atom. The fourth-order valence-electron chi connectivity index (χ4n) is 7.80. The number of nitrogens with two attached hydrogens (primary N) is 1. The number of carboxylic acid groups (broad SMARTS) is 1. The van der Waals surface area contributed by atoms with Gasteiger partial charge in [0, 0.05) is 75.5 Å². The van der Waals surface area contributed by atoms with Gasteiger partial charge in [-0.15, -0.1) is 0 Å². The molecule has 0 atom stereocenters. The second-order valence-corrected chi connectivity index (χ2v) is 17.5. The molecule has 13 heteroatoms. The summed E-state index contributed by atoms with van der Waals surface area (Å²) in [5, 5.41) is 13.0. The maximum atomic E-state index is 12.5. The van der Waals surface area contributed by atoms with Crippen molar-refractivity contribution in [3.05, 3.63) is 201 Å². The van der Waals surface area contributed by atoms with Crippen LogP contribution in [0.4, 0.5) is 0 Å². The predicted molar refractivity (Wildman–Crippen MR) is 265 cm³/mol. The van der Waals surface area contributed by atoms with E-state index in [-0.39, 0.29) is 47.9 Å². The average Bonchev–Trinajstić information content (AvgIpc) is 3.37. The standard InChI is InChI=1S/C27H27ClN2O3.C15H12O4.C13H16ClNO/c28-23-10-6-20(7-11-23)18-30-16-14-24(15-17-30)29-26(31)19-33-25-12-8-22(9-13-25)27(32)21-4-2-1-3-5-21;16-14(17)10-19-13-8-6-12(7-9-13)15(18)11-4-2-1-3-5-11;14-11-5-1-9(2-6-11)13(16)10-3-7-12(15)8-4-10/h1-13,24H,14-19H2,(H,29,31);1-9H,10H2,(H,16,17);1-2,5-6,10,12H,3-4,7-8,15H2. The first-order valence-electron chi connectivity index (χ1n) is 22.6. The van der Waals surface area contributed by atoms with Crippen LogP contribution in [-0.2, 0) is 16.1 Å². The van der Waals surface area contributed by atoms with Crippen molar-refractivity contribution in [1.82, 2.24) is 10.2 Å². The number of carbonyl (C=O) groups is 5. The van der Waals surface area contributed by atoms with E-state index < -0.39 is 12.6 Å². The molecular formula is C55H55Cl2N3O8. The highest BCUT2D eigenvalue weighted by molar-refractivity contribution is 6.31. The summed E-state index contributed by atoms with van der Waals surface area (Å²) in [6.45, 7) is 2.32. The van der Waals surface area contributed by atoms with Crippen molar-refractivity contribution in [2.24, 2.45) is 11.7 Å². The molecule has 0 spiro atoms. The average molecular weight is 957 g/mol. The van der Waals surface area contributed by atoms with Gasteiger partial charge >= 0.3 is 5.97 Å². The van der Waals surface area contributed by atoms with Gasteiger partial charge in [0.25, 0.3) is 5.91 Å². The van der Waals surface area contributed by atoms with Gasteiger partial charge in [-0.2, -0.15) is 0 Å². The highest BCUT2D eigenvalue weighted by Crippen LogP contribution is 2.27. The van der Waals surface area contributed by atoms with E-state index in [1.807, 2.05) is 36.4 Å². The largest absolute Gasteiger partial charge is 0.484 e. The van der Waals surface area contributed by atoms with E-state index >= 15 is 0 Å². The summed E-state index contributed by atoms with van der Waals surface area (Å²) in [6.07, 6.45) is 5.59. The van der Waals surface area contributed by atoms with Crippen LogP contribution in [0, 0.1) is 5.92 Å². The number of likely N-dealkylation sites (tertiary alicyclic amines) is 1. The molecule has 11 nitrogen and oxygen atoms in total. The molecule has 6 aromatic carbocycles. The minimum atomic E-state index is -1.04. The normalized spacial score (nSPS) is 15.8. The van der Waals surface area contributed by atoms with Gasteiger partial charge in [0.15, 0.2) is 30.6 Å². The molecule has 6 aromatic rings. The number of ketones is 3. The second-order valence-electron chi connectivity index (χ2n) is 16.6. The minimum absolute atomic E-state index is 0.0395. The number of carboxylic acids is 1. The van der Waals surface area contributed by atoms with Crippen molar-refractivity contribution in [2.75, 3.05) is 26.3 Å². The second kappa shape index (κ2) is 26.1. The lowest BCUT2D eigenvalue weighted by atomic mass is 9.82. The molecule has 0 aromatic heterocycles. The van der Waals surface area contributed by atoms with Gasteiger partial charge in [-0.3, -0.25) is 24.1 Å². The van der Waals surface area contributed by atoms with E-state index in [4.69, 9.17) is 43.5 Å². The predicted octanol–water partition coefficient (Wildman–Crippen LogP) is 10.2. The molecule has 68 heavy (non-hydrogen) atoms. The number of halogens is 2. The van der Waals surface area contributed by atoms with Gasteiger partial charge in [-0.05, 0) is 129 Å². The first-order chi connectivity index (χ1) is 32.9. The summed E-state index contributed by atoms with van der Waals surface area (Å²) in [5.41, 5.74) is 10.2. The fraction of sp³-hybridized carbons (Fsp3) is 0.255. The maximum absolute atomic E-state index is 12.5. The van der Waals surface area contributed by atoms with Gasteiger partial charge < -0.3 is 25.6 Å². The van der Waals surface area contributed by atoms with E-state index in [0.29, 0.717) is 38.8 Å². The lowest BCUT2D eigenvalue weighted by Gasteiger charge is -2.32. The summed E-state index contributed by atoms with van der Waals surface area (Å²) in [4.78, 5) is 61.8. The quantitative estimate of drug-likeness (QED) is 0.0844. The Labute approximate surface area is 407 Å². The number of nitrogens with one attached hydrogen (secondary N) is 1. The van der Waals surface area contributed by atoms with E-state index in [0.717, 1.165) is 68.7 Å². The van der Waals surface area contributed by atoms with Crippen LogP contribution in [0.1, 0.15) is 86.3 Å². The SMILES string of the molecule is NC1CCC(C(=O)c2ccc(Cl)cc2)CC1.O=C(COc1ccc(C(=O)c2ccccc2)cc1)NC1CCN(Cc2ccc(Cl)cc2)CC1.O=C(O)COc1ccc(C(=O)c2ccccc2)cc1. The molecule has 1 heterocycles. The number of Topliss-reactive ketones (excluding diaryl/α,β-unsaturated/α-hetero) is 1. The summed E-state index contributed by atoms with van der Waals surface area (Å²) in [6, 6.07) is 46.9. The summed E-state index contributed by atoms with van der Waals surface area (Å²) in [5.74, 6) is 0.0943. The number of ether oxygens (including phenoxy) is 2. The van der Waals surface area contributed by atoms with Crippen molar-refractivity contribution in [3.8, 4) is 11.5 Å². The number of amides is 1. The lowest BCUT2D eigenvalue weighted by Crippen LogP contribution is -2.45. The molecule has 2 aliphatic rings. The maximum Gasteiger partial charge on any atom is 0.341 e. The van der Waals surface area contributed by atoms with Gasteiger partial charge in [-0.25, -0.2) is 4.79 Å². The number of piperidine rings is 1. The topological polar surface area (TPSA) is 165 Å². The van der Waals surface area contributed by atoms with Crippen LogP contribution in [0.3, 0.4) is 0 Å². The molecule has 1 aliphatic carbocycles. The highest BCUT2D eigenvalue weighted by atomic mass is 35.5. The third-order valence-electron chi connectivity index (χ3n) is 11.6. The zero-order valence-corrected chi connectivity index (χ0v) is 39.1. The number of nitrogens with zero attached hydrogens (tertiary/aromatic N) is 1. The smallest absolute Gasteiger partial charge is 0.341 e. The molecule has 352 valence electrons. The Balaban J connectivity index is 0.000000184. The van der Waals surface area contributed by atoms with Crippen molar-refractivity contribution in [1.29, 1.82) is 0 Å². The molecule has 1 saturated carbocycles. The summed E-state index contributed by atoms with van der Waals surface area (Å²) < 4.78 is 10.6. The molecular weight excluding hydrogens is 902 g/mol. The van der Waals surface area contributed by atoms with Crippen LogP contribution in [-0.4, -0.2) is 77.6 Å². The van der Waals surface area contributed by atoms with Crippen LogP contribution in [0.25, 0.3) is 0 Å². The third-order valence-corrected chi connectivity index (χ3v) is 12.1. The van der Waals surface area contributed by atoms with Crippen LogP contribution < -0.4 is 20.5 Å². The number of hydrogen-bond donors (Lipinski definition) is 3. The molecule has 1 saturated heterocycles. The van der Waals surface area contributed by atoms with Crippen LogP contribution in [0.5, 0.6) is 11.5 Å². The van der Waals surface area contributed by atoms with Gasteiger partial charge in [0.1, 0.15) is 11.5 Å². The van der Waals surface area contributed by atoms with Crippen molar-refractivity contribution in [3.63, 3.8) is 0 Å². The van der Waals surface area contributed by atoms with Crippen molar-refractivity contribution in [2.45, 2.75) is 57.2 Å². The molecule has 0 unspecified atom stereocenters. The molecule has 1 aliphatic heterocycles. The Morgan fingerprint density at radius 2 is 0.971 bits per heavy atom. The Kier molecular flexibility index (Phi) is 19.5. The molecule has 4 N–H and O–H groups in total. The van der Waals surface area contributed by atoms with Gasteiger partial charge in [0.2, 0.25) is 0 Å². The zero-order chi connectivity index (χ0) is 48.3. The number of carbonyl (C=O) groups excluding carboxylic acids is 4. The Hall–Kier alpha value is -6.63. The number of hydrogen-bond acceptors (Lipinski definition) is 9. The Bertz CT molecular complexity index is 2540. The molecule has 2 fully saturated rings. The van der Waals surface area contributed by atoms with Crippen LogP contribution >= 0.6 is 23.2 Å². The van der Waals surface area contributed by atoms with Crippen molar-refractivity contribution >= 4 is 52.4 Å². The Morgan fingerprint density at radius 3 is 1.44 bits per heavy atom. The van der Waals surface area contributed by atoms with E-state index in [1.165, 1.54) is 5.56 Å². The lowest BCUT2D eigenvalue weighted by molar-refractivity contribution is -0.139. The number of benzene rings is 6. The fourth-order valence-corrected chi connectivity index (χ4v) is 8.05. The van der Waals surface area contributed by atoms with E-state index in [9.17, 15) is 24.0 Å². The molecule has 0 bridgehead atoms. The van der Waals surface area contributed by atoms with Crippen LogP contribution in [0.2, 0.25) is 10.0 Å². The van der Waals surface area contributed by atoms with E-state index in [2.05, 4.69) is 22.3 Å². The molecule has 1 amide bonds. The number of aliphatic carboxylic acids is 1. The van der Waals surface area contributed by atoms with Crippen LogP contribution in [0.15, 0.2) is 158 Å². The van der Waals surface area contributed by atoms with Crippen molar-refractivity contribution < 1.29 is 38.6 Å². The highest BCUT2D eigenvalue weighted by Gasteiger charge is 2.25. The minimum Gasteiger partial charge on any atom is -0.484 e. The summed E-state index contributed by atoms with van der Waals surface area (Å²) >= 11 is 11.7. The van der Waals surface area contributed by atoms with E-state index in [1.54, 1.807) is 109 Å². The summed E-state index contributed by atoms with van der Waals surface area (Å²) in [7, 11) is 0. The first-order valence-corrected chi connectivity index (χ1v) is 23.3. The third kappa shape index (κ3) is 16.3.